The summed E-state index contributed by atoms with van der Waals surface area (Å²) in [5.41, 5.74) is -2.34. The number of ether oxygens (including phenoxy) is 1. The fourth-order valence-corrected chi connectivity index (χ4v) is 4.28. The molecular formula is C18H14F3N3O2. The summed E-state index contributed by atoms with van der Waals surface area (Å²) in [6.07, 6.45) is -3.22. The van der Waals surface area contributed by atoms with Crippen LogP contribution in [0.4, 0.5) is 18.9 Å². The summed E-state index contributed by atoms with van der Waals surface area (Å²) in [6, 6.07) is 8.57. The molecule has 2 fully saturated rings. The van der Waals surface area contributed by atoms with Crippen LogP contribution in [0.25, 0.3) is 10.9 Å². The van der Waals surface area contributed by atoms with Crippen LogP contribution < -0.4 is 4.90 Å². The number of piperidine rings is 1. The van der Waals surface area contributed by atoms with E-state index in [1.54, 1.807) is 29.2 Å². The monoisotopic (exact) mass is 361 g/mol. The second kappa shape index (κ2) is 5.10. The number of alkyl halides is 3. The molecule has 2 heterocycles. The fraction of sp³-hybridized carbons (Fsp3) is 0.389. The van der Waals surface area contributed by atoms with Gasteiger partial charge in [0.15, 0.2) is 0 Å². The number of esters is 1. The number of nitrogens with zero attached hydrogens (tertiary/aromatic N) is 3. The van der Waals surface area contributed by atoms with Gasteiger partial charge in [-0.1, -0.05) is 0 Å². The van der Waals surface area contributed by atoms with Crippen LogP contribution in [-0.4, -0.2) is 37.3 Å². The number of fused-ring (bicyclic) bond motifs is 2. The molecule has 1 aromatic carbocycles. The van der Waals surface area contributed by atoms with Crippen LogP contribution >= 0.6 is 0 Å². The first-order valence-electron chi connectivity index (χ1n) is 7.98. The van der Waals surface area contributed by atoms with Crippen molar-refractivity contribution in [3.05, 3.63) is 36.0 Å². The summed E-state index contributed by atoms with van der Waals surface area (Å²) >= 11 is 0. The van der Waals surface area contributed by atoms with Crippen LogP contribution in [0.2, 0.25) is 0 Å². The number of carbonyl (C=O) groups is 1. The summed E-state index contributed by atoms with van der Waals surface area (Å²) < 4.78 is 46.0. The first kappa shape index (κ1) is 16.6. The summed E-state index contributed by atoms with van der Waals surface area (Å²) in [4.78, 5) is 17.9. The predicted octanol–water partition coefficient (Wildman–Crippen LogP) is 3.04. The first-order chi connectivity index (χ1) is 12.3. The SMILES string of the molecule is COC(=O)C12CN(c3ccc(C#N)c4ncccc34)CC1(C(F)(F)F)C2. The van der Waals surface area contributed by atoms with Gasteiger partial charge in [0.05, 0.1) is 18.2 Å². The normalized spacial score (nSPS) is 27.1. The van der Waals surface area contributed by atoms with E-state index in [4.69, 9.17) is 0 Å². The smallest absolute Gasteiger partial charge is 0.397 e. The van der Waals surface area contributed by atoms with Gasteiger partial charge < -0.3 is 9.64 Å². The average molecular weight is 361 g/mol. The minimum absolute atomic E-state index is 0.0743. The maximum Gasteiger partial charge on any atom is 0.397 e. The lowest BCUT2D eigenvalue weighted by Gasteiger charge is -2.25. The van der Waals surface area contributed by atoms with Gasteiger partial charge in [-0.3, -0.25) is 9.78 Å². The lowest BCUT2D eigenvalue weighted by atomic mass is 9.96. The Balaban J connectivity index is 1.82. The second-order valence-electron chi connectivity index (χ2n) is 6.83. The van der Waals surface area contributed by atoms with E-state index in [0.717, 1.165) is 7.11 Å². The van der Waals surface area contributed by atoms with Crippen molar-refractivity contribution >= 4 is 22.6 Å². The number of aromatic nitrogens is 1. The minimum atomic E-state index is -4.50. The molecule has 2 atom stereocenters. The zero-order chi connectivity index (χ0) is 18.7. The van der Waals surface area contributed by atoms with Crippen LogP contribution in [-0.2, 0) is 9.53 Å². The maximum absolute atomic E-state index is 13.8. The van der Waals surface area contributed by atoms with Crippen LogP contribution in [0.5, 0.6) is 0 Å². The number of pyridine rings is 1. The number of hydrogen-bond donors (Lipinski definition) is 0. The molecule has 2 aliphatic rings. The van der Waals surface area contributed by atoms with Crippen molar-refractivity contribution in [1.82, 2.24) is 4.98 Å². The molecule has 5 nitrogen and oxygen atoms in total. The Morgan fingerprint density at radius 3 is 2.77 bits per heavy atom. The summed E-state index contributed by atoms with van der Waals surface area (Å²) in [6.45, 7) is -0.392. The minimum Gasteiger partial charge on any atom is -0.469 e. The van der Waals surface area contributed by atoms with Gasteiger partial charge in [0.1, 0.15) is 16.9 Å². The van der Waals surface area contributed by atoms with Gasteiger partial charge in [-0.25, -0.2) is 0 Å². The Hall–Kier alpha value is -2.82. The van der Waals surface area contributed by atoms with E-state index in [2.05, 4.69) is 9.72 Å². The first-order valence-corrected chi connectivity index (χ1v) is 7.98. The van der Waals surface area contributed by atoms with Crippen molar-refractivity contribution < 1.29 is 22.7 Å². The molecule has 134 valence electrons. The number of anilines is 1. The number of rotatable bonds is 2. The van der Waals surface area contributed by atoms with Crippen molar-refractivity contribution in [2.45, 2.75) is 12.6 Å². The molecule has 2 aromatic rings. The highest BCUT2D eigenvalue weighted by molar-refractivity contribution is 5.96. The van der Waals surface area contributed by atoms with Gasteiger partial charge in [0, 0.05) is 30.4 Å². The predicted molar refractivity (Wildman–Crippen MR) is 86.2 cm³/mol. The second-order valence-corrected chi connectivity index (χ2v) is 6.83. The molecule has 0 amide bonds. The van der Waals surface area contributed by atoms with Gasteiger partial charge in [0.2, 0.25) is 0 Å². The van der Waals surface area contributed by atoms with E-state index >= 15 is 0 Å². The maximum atomic E-state index is 13.8. The molecule has 0 spiro atoms. The molecule has 4 rings (SSSR count). The zero-order valence-corrected chi connectivity index (χ0v) is 13.8. The summed E-state index contributed by atoms with van der Waals surface area (Å²) in [5, 5.41) is 9.81. The highest BCUT2D eigenvalue weighted by Crippen LogP contribution is 2.75. The summed E-state index contributed by atoms with van der Waals surface area (Å²) in [7, 11) is 1.11. The molecule has 1 saturated carbocycles. The Bertz CT molecular complexity index is 968. The Morgan fingerprint density at radius 1 is 1.35 bits per heavy atom. The standard InChI is InChI=1S/C18H14F3N3O2/c1-26-15(25)16-8-17(16,18(19,20)21)10-24(9-16)13-5-4-11(7-22)14-12(13)3-2-6-23-14/h2-6H,8-10H2,1H3. The third kappa shape index (κ3) is 1.91. The molecule has 1 aliphatic heterocycles. The number of halogens is 3. The molecule has 26 heavy (non-hydrogen) atoms. The van der Waals surface area contributed by atoms with Gasteiger partial charge in [-0.05, 0) is 30.7 Å². The van der Waals surface area contributed by atoms with Gasteiger partial charge in [-0.15, -0.1) is 0 Å². The summed E-state index contributed by atoms with van der Waals surface area (Å²) in [5.74, 6) is -0.826. The number of hydrogen-bond acceptors (Lipinski definition) is 5. The van der Waals surface area contributed by atoms with Crippen molar-refractivity contribution in [2.24, 2.45) is 10.8 Å². The Kier molecular flexibility index (Phi) is 3.26. The highest BCUT2D eigenvalue weighted by Gasteiger charge is 2.87. The Morgan fingerprint density at radius 2 is 2.12 bits per heavy atom. The van der Waals surface area contributed by atoms with Crippen LogP contribution in [0, 0.1) is 22.2 Å². The number of nitriles is 1. The molecule has 0 radical (unpaired) electrons. The van der Waals surface area contributed by atoms with E-state index in [1.807, 2.05) is 6.07 Å². The number of methoxy groups -OCH3 is 1. The fourth-order valence-electron chi connectivity index (χ4n) is 4.28. The van der Waals surface area contributed by atoms with Crippen molar-refractivity contribution in [3.63, 3.8) is 0 Å². The van der Waals surface area contributed by atoms with Gasteiger partial charge >= 0.3 is 12.1 Å². The molecule has 2 unspecified atom stereocenters. The third-order valence-electron chi connectivity index (χ3n) is 5.64. The Labute approximate surface area is 147 Å². The van der Waals surface area contributed by atoms with Crippen molar-refractivity contribution in [3.8, 4) is 6.07 Å². The molecule has 0 bridgehead atoms. The van der Waals surface area contributed by atoms with E-state index in [-0.39, 0.29) is 19.5 Å². The van der Waals surface area contributed by atoms with E-state index in [1.165, 1.54) is 6.20 Å². The van der Waals surface area contributed by atoms with Gasteiger partial charge in [-0.2, -0.15) is 18.4 Å². The van der Waals surface area contributed by atoms with Crippen molar-refractivity contribution in [1.29, 1.82) is 5.26 Å². The molecule has 0 N–H and O–H groups in total. The lowest BCUT2D eigenvalue weighted by molar-refractivity contribution is -0.195. The van der Waals surface area contributed by atoms with E-state index in [9.17, 15) is 23.2 Å². The number of benzene rings is 1. The van der Waals surface area contributed by atoms with Crippen LogP contribution in [0.1, 0.15) is 12.0 Å². The van der Waals surface area contributed by atoms with Crippen LogP contribution in [0.3, 0.4) is 0 Å². The van der Waals surface area contributed by atoms with E-state index in [0.29, 0.717) is 22.2 Å². The lowest BCUT2D eigenvalue weighted by Crippen LogP contribution is -2.35. The number of carbonyl (C=O) groups excluding carboxylic acids is 1. The van der Waals surface area contributed by atoms with E-state index < -0.39 is 23.0 Å². The zero-order valence-electron chi connectivity index (χ0n) is 13.8. The molecular weight excluding hydrogens is 347 g/mol. The molecule has 1 saturated heterocycles. The van der Waals surface area contributed by atoms with Gasteiger partial charge in [0.25, 0.3) is 0 Å². The molecule has 1 aromatic heterocycles. The molecule has 1 aliphatic carbocycles. The van der Waals surface area contributed by atoms with Crippen molar-refractivity contribution in [2.75, 3.05) is 25.1 Å². The average Bonchev–Trinajstić information content (AvgIpc) is 3.18. The quantitative estimate of drug-likeness (QED) is 0.770. The highest BCUT2D eigenvalue weighted by atomic mass is 19.4. The molecule has 8 heteroatoms. The third-order valence-corrected chi connectivity index (χ3v) is 5.64. The largest absolute Gasteiger partial charge is 0.469 e. The van der Waals surface area contributed by atoms with Crippen LogP contribution in [0.15, 0.2) is 30.5 Å². The topological polar surface area (TPSA) is 66.2 Å².